The van der Waals surface area contributed by atoms with Crippen LogP contribution in [0, 0.1) is 0 Å². The van der Waals surface area contributed by atoms with Crippen molar-refractivity contribution in [2.45, 2.75) is 11.4 Å². The van der Waals surface area contributed by atoms with Crippen LogP contribution in [0.3, 0.4) is 0 Å². The van der Waals surface area contributed by atoms with Gasteiger partial charge in [0.25, 0.3) is 0 Å². The minimum Gasteiger partial charge on any atom is -0.495 e. The molecule has 0 aliphatic heterocycles. The average Bonchev–Trinajstić information content (AvgIpc) is 2.46. The lowest BCUT2D eigenvalue weighted by atomic mass is 10.3. The van der Waals surface area contributed by atoms with Crippen LogP contribution in [0.15, 0.2) is 47.5 Å². The summed E-state index contributed by atoms with van der Waals surface area (Å²) >= 11 is 5.84. The van der Waals surface area contributed by atoms with Crippen LogP contribution in [0.4, 0.5) is 0 Å². The van der Waals surface area contributed by atoms with Crippen molar-refractivity contribution in [3.63, 3.8) is 0 Å². The molecule has 2 aromatic rings. The zero-order chi connectivity index (χ0) is 14.6. The first-order chi connectivity index (χ1) is 9.53. The lowest BCUT2D eigenvalue weighted by molar-refractivity contribution is 0.402. The van der Waals surface area contributed by atoms with E-state index in [1.165, 1.54) is 19.2 Å². The van der Waals surface area contributed by atoms with Gasteiger partial charge in [-0.05, 0) is 30.3 Å². The molecule has 1 N–H and O–H groups in total. The van der Waals surface area contributed by atoms with E-state index in [9.17, 15) is 8.42 Å². The maximum Gasteiger partial charge on any atom is 0.244 e. The Bertz CT molecular complexity index is 690. The van der Waals surface area contributed by atoms with Gasteiger partial charge in [0.15, 0.2) is 0 Å². The van der Waals surface area contributed by atoms with Crippen molar-refractivity contribution in [2.24, 2.45) is 0 Å². The number of methoxy groups -OCH3 is 1. The number of nitrogens with one attached hydrogen (secondary N) is 1. The Morgan fingerprint density at radius 2 is 2.10 bits per heavy atom. The van der Waals surface area contributed by atoms with E-state index < -0.39 is 10.0 Å². The van der Waals surface area contributed by atoms with E-state index in [1.807, 2.05) is 0 Å². The number of aromatic nitrogens is 1. The molecule has 0 unspecified atom stereocenters. The van der Waals surface area contributed by atoms with Crippen LogP contribution in [0.2, 0.25) is 5.02 Å². The minimum atomic E-state index is -3.72. The fourth-order valence-electron chi connectivity index (χ4n) is 1.61. The van der Waals surface area contributed by atoms with Gasteiger partial charge < -0.3 is 4.74 Å². The van der Waals surface area contributed by atoms with Crippen LogP contribution < -0.4 is 9.46 Å². The van der Waals surface area contributed by atoms with E-state index in [2.05, 4.69) is 9.71 Å². The summed E-state index contributed by atoms with van der Waals surface area (Å²) in [4.78, 5) is 4.05. The Morgan fingerprint density at radius 1 is 1.30 bits per heavy atom. The zero-order valence-corrected chi connectivity index (χ0v) is 12.3. The van der Waals surface area contributed by atoms with Crippen LogP contribution in [0.25, 0.3) is 0 Å². The molecule has 0 fully saturated rings. The molecule has 0 atom stereocenters. The van der Waals surface area contributed by atoms with E-state index in [0.717, 1.165) is 0 Å². The molecule has 106 valence electrons. The third-order valence-corrected chi connectivity index (χ3v) is 4.24. The summed E-state index contributed by atoms with van der Waals surface area (Å²) in [6.45, 7) is 0.0961. The fraction of sp³-hybridized carbons (Fsp3) is 0.154. The molecule has 2 rings (SSSR count). The van der Waals surface area contributed by atoms with Gasteiger partial charge in [-0.25, -0.2) is 13.1 Å². The van der Waals surface area contributed by atoms with Gasteiger partial charge in [-0.15, -0.1) is 0 Å². The van der Waals surface area contributed by atoms with Crippen LogP contribution in [0.5, 0.6) is 5.75 Å². The molecular weight excluding hydrogens is 300 g/mol. The number of benzene rings is 1. The van der Waals surface area contributed by atoms with Crippen molar-refractivity contribution >= 4 is 21.6 Å². The monoisotopic (exact) mass is 312 g/mol. The number of hydrogen-bond acceptors (Lipinski definition) is 4. The highest BCUT2D eigenvalue weighted by atomic mass is 35.5. The van der Waals surface area contributed by atoms with Crippen molar-refractivity contribution in [2.75, 3.05) is 7.11 Å². The molecule has 1 aromatic carbocycles. The highest BCUT2D eigenvalue weighted by Crippen LogP contribution is 2.26. The largest absolute Gasteiger partial charge is 0.495 e. The van der Waals surface area contributed by atoms with E-state index in [1.54, 1.807) is 30.5 Å². The topological polar surface area (TPSA) is 68.3 Å². The second-order valence-electron chi connectivity index (χ2n) is 3.94. The lowest BCUT2D eigenvalue weighted by Gasteiger charge is -2.10. The SMILES string of the molecule is COc1ccc(Cl)cc1S(=O)(=O)NCc1ccccn1. The summed E-state index contributed by atoms with van der Waals surface area (Å²) in [7, 11) is -2.32. The van der Waals surface area contributed by atoms with E-state index in [4.69, 9.17) is 16.3 Å². The quantitative estimate of drug-likeness (QED) is 0.919. The summed E-state index contributed by atoms with van der Waals surface area (Å²) < 4.78 is 32.0. The molecule has 0 saturated carbocycles. The molecule has 5 nitrogen and oxygen atoms in total. The summed E-state index contributed by atoms with van der Waals surface area (Å²) in [6.07, 6.45) is 1.60. The summed E-state index contributed by atoms with van der Waals surface area (Å²) in [5.74, 6) is 0.239. The number of pyridine rings is 1. The minimum absolute atomic E-state index is 0.00318. The zero-order valence-electron chi connectivity index (χ0n) is 10.7. The molecule has 1 heterocycles. The van der Waals surface area contributed by atoms with Crippen LogP contribution in [-0.2, 0) is 16.6 Å². The Hall–Kier alpha value is -1.63. The summed E-state index contributed by atoms with van der Waals surface area (Å²) in [5.41, 5.74) is 0.622. The van der Waals surface area contributed by atoms with Crippen LogP contribution >= 0.6 is 11.6 Å². The van der Waals surface area contributed by atoms with E-state index in [-0.39, 0.29) is 17.2 Å². The van der Waals surface area contributed by atoms with Crippen molar-refractivity contribution in [1.82, 2.24) is 9.71 Å². The smallest absolute Gasteiger partial charge is 0.244 e. The Labute approximate surface area is 122 Å². The van der Waals surface area contributed by atoms with Gasteiger partial charge in [-0.3, -0.25) is 4.98 Å². The molecule has 0 aliphatic carbocycles. The average molecular weight is 313 g/mol. The number of rotatable bonds is 5. The van der Waals surface area contributed by atoms with Crippen molar-refractivity contribution < 1.29 is 13.2 Å². The second kappa shape index (κ2) is 6.21. The van der Waals surface area contributed by atoms with Gasteiger partial charge in [0.1, 0.15) is 10.6 Å². The third-order valence-electron chi connectivity index (χ3n) is 2.58. The molecule has 1 aromatic heterocycles. The van der Waals surface area contributed by atoms with Gasteiger partial charge in [0.2, 0.25) is 10.0 Å². The number of halogens is 1. The molecule has 20 heavy (non-hydrogen) atoms. The van der Waals surface area contributed by atoms with Gasteiger partial charge in [0, 0.05) is 11.2 Å². The molecule has 0 radical (unpaired) electrons. The molecule has 7 heteroatoms. The van der Waals surface area contributed by atoms with E-state index >= 15 is 0 Å². The Kier molecular flexibility index (Phi) is 4.59. The van der Waals surface area contributed by atoms with Crippen molar-refractivity contribution in [3.05, 3.63) is 53.3 Å². The molecule has 0 bridgehead atoms. The summed E-state index contributed by atoms with van der Waals surface area (Å²) in [5, 5.41) is 0.323. The fourth-order valence-corrected chi connectivity index (χ4v) is 3.04. The highest BCUT2D eigenvalue weighted by molar-refractivity contribution is 7.89. The maximum absolute atomic E-state index is 12.3. The molecule has 0 amide bonds. The molecular formula is C13H13ClN2O3S. The van der Waals surface area contributed by atoms with Gasteiger partial charge >= 0.3 is 0 Å². The number of sulfonamides is 1. The van der Waals surface area contributed by atoms with E-state index in [0.29, 0.717) is 10.7 Å². The number of nitrogens with zero attached hydrogens (tertiary/aromatic N) is 1. The van der Waals surface area contributed by atoms with Crippen molar-refractivity contribution in [3.8, 4) is 5.75 Å². The second-order valence-corrected chi connectivity index (χ2v) is 6.11. The van der Waals surface area contributed by atoms with Gasteiger partial charge in [-0.2, -0.15) is 0 Å². The van der Waals surface area contributed by atoms with Crippen molar-refractivity contribution in [1.29, 1.82) is 0 Å². The lowest BCUT2D eigenvalue weighted by Crippen LogP contribution is -2.24. The van der Waals surface area contributed by atoms with Gasteiger partial charge in [0.05, 0.1) is 19.3 Å². The maximum atomic E-state index is 12.3. The standard InChI is InChI=1S/C13H13ClN2O3S/c1-19-12-6-5-10(14)8-13(12)20(17,18)16-9-11-4-2-3-7-15-11/h2-8,16H,9H2,1H3. The third kappa shape index (κ3) is 3.47. The Morgan fingerprint density at radius 3 is 2.75 bits per heavy atom. The predicted octanol–water partition coefficient (Wildman–Crippen LogP) is 2.22. The first-order valence-electron chi connectivity index (χ1n) is 5.76. The molecule has 0 saturated heterocycles. The number of ether oxygens (including phenoxy) is 1. The normalized spacial score (nSPS) is 11.3. The Balaban J connectivity index is 2.24. The first-order valence-corrected chi connectivity index (χ1v) is 7.62. The first kappa shape index (κ1) is 14.8. The summed E-state index contributed by atoms with van der Waals surface area (Å²) in [6, 6.07) is 9.71. The van der Waals surface area contributed by atoms with Gasteiger partial charge in [-0.1, -0.05) is 17.7 Å². The molecule has 0 aliphatic rings. The molecule has 0 spiro atoms. The predicted molar refractivity (Wildman–Crippen MR) is 76.3 cm³/mol. The van der Waals surface area contributed by atoms with Crippen LogP contribution in [0.1, 0.15) is 5.69 Å². The number of hydrogen-bond donors (Lipinski definition) is 1. The highest BCUT2D eigenvalue weighted by Gasteiger charge is 2.19. The van der Waals surface area contributed by atoms with Crippen LogP contribution in [-0.4, -0.2) is 20.5 Å².